The summed E-state index contributed by atoms with van der Waals surface area (Å²) in [4.78, 5) is 2.42. The summed E-state index contributed by atoms with van der Waals surface area (Å²) in [5, 5.41) is 0. The Hall–Kier alpha value is -0.0500. The molecule has 0 aliphatic rings. The number of alkyl halides is 2. The van der Waals surface area contributed by atoms with Gasteiger partial charge in [-0.3, -0.25) is 0 Å². The van der Waals surface area contributed by atoms with Crippen molar-refractivity contribution in [1.29, 1.82) is 0 Å². The van der Waals surface area contributed by atoms with Crippen LogP contribution in [0.2, 0.25) is 0 Å². The third kappa shape index (κ3) is 1.97. The van der Waals surface area contributed by atoms with E-state index in [0.717, 1.165) is 0 Å². The van der Waals surface area contributed by atoms with Crippen molar-refractivity contribution < 1.29 is 0 Å². The van der Waals surface area contributed by atoms with Gasteiger partial charge in [-0.25, -0.2) is 0 Å². The van der Waals surface area contributed by atoms with Crippen molar-refractivity contribution in [3.05, 3.63) is 33.9 Å². The fourth-order valence-electron chi connectivity index (χ4n) is 0.784. The van der Waals surface area contributed by atoms with Crippen molar-refractivity contribution in [1.82, 2.24) is 0 Å². The summed E-state index contributed by atoms with van der Waals surface area (Å²) < 4.78 is 2.99. The molecule has 0 atom stereocenters. The Bertz CT molecular complexity index is 181. The summed E-state index contributed by atoms with van der Waals surface area (Å²) in [6.45, 7) is 2.29. The zero-order chi connectivity index (χ0) is 7.40. The van der Waals surface area contributed by atoms with Gasteiger partial charge in [-0.1, -0.05) is 0 Å². The van der Waals surface area contributed by atoms with Crippen molar-refractivity contribution in [2.24, 2.45) is 0 Å². The van der Waals surface area contributed by atoms with Crippen LogP contribution in [0.15, 0.2) is 30.3 Å². The maximum atomic E-state index is 2.42. The van der Waals surface area contributed by atoms with E-state index in [9.17, 15) is 0 Å². The molecule has 56 valence electrons. The predicted octanol–water partition coefficient (Wildman–Crippen LogP) is 3.01. The monoisotopic (exact) mass is 248 g/mol. The minimum atomic E-state index is -0.700. The summed E-state index contributed by atoms with van der Waals surface area (Å²) >= 11 is -0.700. The van der Waals surface area contributed by atoms with Gasteiger partial charge in [0.25, 0.3) is 0 Å². The standard InChI is InChI=1S/C9H13I/c1-3-10(2)9-7-5-4-6-8-9/h4-8H,3H2,1-2H3. The zero-order valence-electron chi connectivity index (χ0n) is 6.47. The fourth-order valence-corrected chi connectivity index (χ4v) is 3.31. The molecule has 1 rings (SSSR count). The van der Waals surface area contributed by atoms with Crippen LogP contribution in [0.1, 0.15) is 6.92 Å². The Labute approximate surface area is 70.0 Å². The van der Waals surface area contributed by atoms with Gasteiger partial charge in [0.2, 0.25) is 0 Å². The molecular weight excluding hydrogens is 235 g/mol. The molecule has 10 heavy (non-hydrogen) atoms. The number of benzene rings is 1. The summed E-state index contributed by atoms with van der Waals surface area (Å²) in [5.41, 5.74) is 0. The summed E-state index contributed by atoms with van der Waals surface area (Å²) in [6.07, 6.45) is 0. The molecule has 0 heterocycles. The second-order valence-electron chi connectivity index (χ2n) is 2.15. The van der Waals surface area contributed by atoms with Crippen molar-refractivity contribution >= 4 is 19.8 Å². The topological polar surface area (TPSA) is 0 Å². The Kier molecular flexibility index (Phi) is 3.19. The van der Waals surface area contributed by atoms with Crippen molar-refractivity contribution in [2.45, 2.75) is 6.92 Å². The van der Waals surface area contributed by atoms with E-state index in [1.165, 1.54) is 4.43 Å². The molecule has 1 aromatic rings. The third-order valence-electron chi connectivity index (χ3n) is 1.51. The molecular formula is C9H13I. The van der Waals surface area contributed by atoms with Crippen LogP contribution < -0.4 is 0 Å². The molecule has 0 spiro atoms. The first kappa shape index (κ1) is 8.05. The molecule has 0 fully saturated rings. The van der Waals surface area contributed by atoms with Crippen molar-refractivity contribution in [3.63, 3.8) is 0 Å². The Balaban J connectivity index is 2.75. The molecule has 0 aliphatic heterocycles. The molecule has 0 amide bonds. The molecule has 1 heteroatoms. The van der Waals surface area contributed by atoms with Gasteiger partial charge in [-0.2, -0.15) is 0 Å². The molecule has 0 unspecified atom stereocenters. The van der Waals surface area contributed by atoms with Crippen molar-refractivity contribution in [3.8, 4) is 0 Å². The molecule has 0 N–H and O–H groups in total. The summed E-state index contributed by atoms with van der Waals surface area (Å²) in [5.74, 6) is 0. The van der Waals surface area contributed by atoms with Gasteiger partial charge >= 0.3 is 70.0 Å². The predicted molar refractivity (Wildman–Crippen MR) is 55.6 cm³/mol. The first-order valence-electron chi connectivity index (χ1n) is 3.45. The second-order valence-corrected chi connectivity index (χ2v) is 8.29. The third-order valence-corrected chi connectivity index (χ3v) is 6.64. The van der Waals surface area contributed by atoms with E-state index >= 15 is 0 Å². The van der Waals surface area contributed by atoms with Gasteiger partial charge in [-0.15, -0.1) is 0 Å². The van der Waals surface area contributed by atoms with Gasteiger partial charge in [0.1, 0.15) is 0 Å². The van der Waals surface area contributed by atoms with Crippen LogP contribution in [0.5, 0.6) is 0 Å². The van der Waals surface area contributed by atoms with Gasteiger partial charge in [0, 0.05) is 0 Å². The van der Waals surface area contributed by atoms with Crippen LogP contribution in [0.4, 0.5) is 0 Å². The van der Waals surface area contributed by atoms with Crippen molar-refractivity contribution in [2.75, 3.05) is 9.36 Å². The maximum absolute atomic E-state index is 2.42. The molecule has 1 aromatic carbocycles. The minimum absolute atomic E-state index is 0.700. The average Bonchev–Trinajstić information content (AvgIpc) is 2.05. The number of rotatable bonds is 2. The molecule has 0 bridgehead atoms. The quantitative estimate of drug-likeness (QED) is 0.557. The van der Waals surface area contributed by atoms with Crippen LogP contribution in [-0.4, -0.2) is 9.36 Å². The number of hydrogen-bond donors (Lipinski definition) is 0. The van der Waals surface area contributed by atoms with E-state index < -0.39 is 19.8 Å². The van der Waals surface area contributed by atoms with E-state index in [2.05, 4.69) is 42.2 Å². The van der Waals surface area contributed by atoms with E-state index in [-0.39, 0.29) is 0 Å². The fraction of sp³-hybridized carbons (Fsp3) is 0.333. The van der Waals surface area contributed by atoms with E-state index in [1.54, 1.807) is 3.57 Å². The van der Waals surface area contributed by atoms with Crippen LogP contribution in [0.25, 0.3) is 0 Å². The van der Waals surface area contributed by atoms with E-state index in [0.29, 0.717) is 0 Å². The van der Waals surface area contributed by atoms with E-state index in [4.69, 9.17) is 0 Å². The van der Waals surface area contributed by atoms with Crippen LogP contribution in [0, 0.1) is 3.57 Å². The molecule has 0 saturated heterocycles. The average molecular weight is 248 g/mol. The first-order chi connectivity index (χ1) is 4.84. The number of hydrogen-bond acceptors (Lipinski definition) is 0. The second kappa shape index (κ2) is 3.96. The molecule has 0 aliphatic carbocycles. The Morgan fingerprint density at radius 3 is 2.30 bits per heavy atom. The molecule has 0 nitrogen and oxygen atoms in total. The van der Waals surface area contributed by atoms with Gasteiger partial charge in [0.05, 0.1) is 0 Å². The van der Waals surface area contributed by atoms with Gasteiger partial charge < -0.3 is 0 Å². The van der Waals surface area contributed by atoms with Gasteiger partial charge in [-0.05, 0) is 0 Å². The molecule has 0 radical (unpaired) electrons. The number of halogens is 1. The van der Waals surface area contributed by atoms with Crippen LogP contribution in [0.3, 0.4) is 0 Å². The Morgan fingerprint density at radius 1 is 1.20 bits per heavy atom. The zero-order valence-corrected chi connectivity index (χ0v) is 8.63. The van der Waals surface area contributed by atoms with E-state index in [1.807, 2.05) is 0 Å². The molecule has 0 aromatic heterocycles. The summed E-state index contributed by atoms with van der Waals surface area (Å²) in [7, 11) is 0. The Morgan fingerprint density at radius 2 is 1.80 bits per heavy atom. The normalized spacial score (nSPS) is 11.2. The molecule has 0 saturated carbocycles. The summed E-state index contributed by atoms with van der Waals surface area (Å²) in [6, 6.07) is 10.9. The first-order valence-corrected chi connectivity index (χ1v) is 8.21. The van der Waals surface area contributed by atoms with Crippen LogP contribution >= 0.6 is 19.8 Å². The SMILES string of the molecule is CCI(C)c1ccccc1. The van der Waals surface area contributed by atoms with Crippen LogP contribution in [-0.2, 0) is 0 Å². The van der Waals surface area contributed by atoms with Gasteiger partial charge in [0.15, 0.2) is 0 Å².